The summed E-state index contributed by atoms with van der Waals surface area (Å²) in [4.78, 5) is 12.4. The van der Waals surface area contributed by atoms with E-state index >= 15 is 0 Å². The second-order valence-electron chi connectivity index (χ2n) is 7.77. The number of thioether (sulfide) groups is 1. The van der Waals surface area contributed by atoms with Crippen LogP contribution in [0.2, 0.25) is 10.0 Å². The van der Waals surface area contributed by atoms with E-state index in [0.29, 0.717) is 21.0 Å². The highest BCUT2D eigenvalue weighted by atomic mass is 35.5. The Balaban J connectivity index is 1.51. The van der Waals surface area contributed by atoms with Crippen LogP contribution in [0.5, 0.6) is 0 Å². The van der Waals surface area contributed by atoms with Gasteiger partial charge < -0.3 is 10.6 Å². The van der Waals surface area contributed by atoms with Crippen LogP contribution in [0, 0.1) is 0 Å². The molecule has 1 aliphatic rings. The molecule has 32 heavy (non-hydrogen) atoms. The number of aromatic nitrogens is 3. The molecule has 2 amide bonds. The molecule has 0 unspecified atom stereocenters. The van der Waals surface area contributed by atoms with Crippen molar-refractivity contribution in [3.63, 3.8) is 0 Å². The number of nitrogens with one attached hydrogen (secondary N) is 2. The Morgan fingerprint density at radius 1 is 1.06 bits per heavy atom. The normalized spacial score (nSPS) is 14.3. The summed E-state index contributed by atoms with van der Waals surface area (Å²) in [5.41, 5.74) is 1.90. The predicted molar refractivity (Wildman–Crippen MR) is 130 cm³/mol. The van der Waals surface area contributed by atoms with E-state index in [1.54, 1.807) is 23.9 Å². The fourth-order valence-corrected chi connectivity index (χ4v) is 5.19. The summed E-state index contributed by atoms with van der Waals surface area (Å²) < 4.78 is 1.88. The molecule has 168 valence electrons. The first-order valence-corrected chi connectivity index (χ1v) is 12.4. The first-order valence-electron chi connectivity index (χ1n) is 10.7. The lowest BCUT2D eigenvalue weighted by atomic mass is 9.96. The average Bonchev–Trinajstić information content (AvgIpc) is 3.20. The van der Waals surface area contributed by atoms with Gasteiger partial charge in [-0.05, 0) is 36.6 Å². The third kappa shape index (κ3) is 5.97. The molecule has 1 aliphatic carbocycles. The summed E-state index contributed by atoms with van der Waals surface area (Å²) in [6.07, 6.45) is 5.63. The topological polar surface area (TPSA) is 71.8 Å². The number of amides is 2. The van der Waals surface area contributed by atoms with Gasteiger partial charge in [0, 0.05) is 16.8 Å². The smallest absolute Gasteiger partial charge is 0.315 e. The molecule has 0 radical (unpaired) electrons. The van der Waals surface area contributed by atoms with Gasteiger partial charge in [0.15, 0.2) is 11.0 Å². The minimum Gasteiger partial charge on any atom is -0.335 e. The van der Waals surface area contributed by atoms with Crippen molar-refractivity contribution in [2.45, 2.75) is 55.6 Å². The van der Waals surface area contributed by atoms with E-state index < -0.39 is 0 Å². The number of carbonyl (C=O) groups excluding carboxylic acids is 1. The Kier molecular flexibility index (Phi) is 7.95. The first kappa shape index (κ1) is 23.0. The molecule has 0 bridgehead atoms. The van der Waals surface area contributed by atoms with Gasteiger partial charge in [-0.25, -0.2) is 4.79 Å². The third-order valence-corrected chi connectivity index (χ3v) is 6.95. The molecule has 0 aliphatic heterocycles. The second kappa shape index (κ2) is 11.1. The van der Waals surface area contributed by atoms with Gasteiger partial charge in [-0.15, -0.1) is 10.2 Å². The number of urea groups is 1. The lowest BCUT2D eigenvalue weighted by Gasteiger charge is -2.22. The molecule has 3 aromatic rings. The van der Waals surface area contributed by atoms with Crippen LogP contribution < -0.4 is 10.6 Å². The number of nitrogens with zero attached hydrogens (tertiary/aromatic N) is 3. The largest absolute Gasteiger partial charge is 0.335 e. The monoisotopic (exact) mass is 489 g/mol. The third-order valence-electron chi connectivity index (χ3n) is 5.41. The van der Waals surface area contributed by atoms with Crippen LogP contribution in [0.4, 0.5) is 4.79 Å². The molecular weight excluding hydrogens is 465 g/mol. The van der Waals surface area contributed by atoms with Gasteiger partial charge in [0.2, 0.25) is 0 Å². The highest BCUT2D eigenvalue weighted by molar-refractivity contribution is 7.98. The minimum atomic E-state index is -0.188. The molecular formula is C23H25Cl2N5OS. The zero-order valence-corrected chi connectivity index (χ0v) is 19.9. The Labute approximate surface area is 202 Å². The number of halogens is 2. The molecule has 9 heteroatoms. The van der Waals surface area contributed by atoms with Gasteiger partial charge in [0.1, 0.15) is 0 Å². The van der Waals surface area contributed by atoms with E-state index in [1.165, 1.54) is 12.0 Å². The molecule has 0 spiro atoms. The number of hydrogen-bond acceptors (Lipinski definition) is 4. The van der Waals surface area contributed by atoms with Crippen LogP contribution in [0.3, 0.4) is 0 Å². The van der Waals surface area contributed by atoms with E-state index in [4.69, 9.17) is 23.2 Å². The molecule has 1 heterocycles. The predicted octanol–water partition coefficient (Wildman–Crippen LogP) is 6.00. The highest BCUT2D eigenvalue weighted by Gasteiger charge is 2.19. The molecule has 2 aromatic carbocycles. The SMILES string of the molecule is O=C(NCc1nnc(SCc2ccccc2)n1-c1ccc(Cl)cc1Cl)NC1CCCCC1. The molecule has 0 saturated heterocycles. The molecule has 6 nitrogen and oxygen atoms in total. The van der Waals surface area contributed by atoms with Gasteiger partial charge in [-0.1, -0.05) is 84.6 Å². The maximum absolute atomic E-state index is 12.4. The van der Waals surface area contributed by atoms with Gasteiger partial charge in [0.25, 0.3) is 0 Å². The van der Waals surface area contributed by atoms with E-state index in [1.807, 2.05) is 28.8 Å². The van der Waals surface area contributed by atoms with E-state index in [9.17, 15) is 4.79 Å². The van der Waals surface area contributed by atoms with Gasteiger partial charge in [-0.2, -0.15) is 0 Å². The van der Waals surface area contributed by atoms with E-state index in [-0.39, 0.29) is 18.6 Å². The lowest BCUT2D eigenvalue weighted by Crippen LogP contribution is -2.42. The molecule has 1 fully saturated rings. The summed E-state index contributed by atoms with van der Waals surface area (Å²) in [5.74, 6) is 1.34. The van der Waals surface area contributed by atoms with Gasteiger partial charge in [0.05, 0.1) is 17.3 Å². The van der Waals surface area contributed by atoms with Crippen molar-refractivity contribution in [3.05, 3.63) is 70.0 Å². The molecule has 2 N–H and O–H groups in total. The van der Waals surface area contributed by atoms with Crippen LogP contribution in [-0.4, -0.2) is 26.8 Å². The summed E-state index contributed by atoms with van der Waals surface area (Å²) in [6.45, 7) is 0.233. The Morgan fingerprint density at radius 3 is 2.59 bits per heavy atom. The van der Waals surface area contributed by atoms with Crippen molar-refractivity contribution < 1.29 is 4.79 Å². The van der Waals surface area contributed by atoms with Crippen LogP contribution >= 0.6 is 35.0 Å². The minimum absolute atomic E-state index is 0.188. The quantitative estimate of drug-likeness (QED) is 0.399. The fourth-order valence-electron chi connectivity index (χ4n) is 3.78. The maximum Gasteiger partial charge on any atom is 0.315 e. The summed E-state index contributed by atoms with van der Waals surface area (Å²) >= 11 is 14.2. The van der Waals surface area contributed by atoms with E-state index in [0.717, 1.165) is 37.1 Å². The summed E-state index contributed by atoms with van der Waals surface area (Å²) in [5, 5.41) is 16.5. The van der Waals surface area contributed by atoms with Crippen molar-refractivity contribution >= 4 is 41.0 Å². The fraction of sp³-hybridized carbons (Fsp3) is 0.348. The molecule has 1 saturated carbocycles. The Hall–Kier alpha value is -2.22. The van der Waals surface area contributed by atoms with E-state index in [2.05, 4.69) is 33.0 Å². The highest BCUT2D eigenvalue weighted by Crippen LogP contribution is 2.30. The standard InChI is InChI=1S/C23H25Cl2N5OS/c24-17-11-12-20(19(25)13-17)30-21(14-26-22(31)27-18-9-5-2-6-10-18)28-29-23(30)32-15-16-7-3-1-4-8-16/h1,3-4,7-8,11-13,18H,2,5-6,9-10,14-15H2,(H2,26,27,31). The van der Waals surface area contributed by atoms with Crippen LogP contribution in [0.15, 0.2) is 53.7 Å². The summed E-state index contributed by atoms with van der Waals surface area (Å²) in [6, 6.07) is 15.5. The van der Waals surface area contributed by atoms with Crippen LogP contribution in [-0.2, 0) is 12.3 Å². The molecule has 1 aromatic heterocycles. The van der Waals surface area contributed by atoms with Crippen molar-refractivity contribution in [2.75, 3.05) is 0 Å². The van der Waals surface area contributed by atoms with Crippen molar-refractivity contribution in [3.8, 4) is 5.69 Å². The maximum atomic E-state index is 12.4. The Morgan fingerprint density at radius 2 is 1.84 bits per heavy atom. The van der Waals surface area contributed by atoms with Gasteiger partial charge >= 0.3 is 6.03 Å². The van der Waals surface area contributed by atoms with Crippen molar-refractivity contribution in [1.82, 2.24) is 25.4 Å². The first-order chi connectivity index (χ1) is 15.6. The van der Waals surface area contributed by atoms with Crippen LogP contribution in [0.25, 0.3) is 5.69 Å². The number of hydrogen-bond donors (Lipinski definition) is 2. The van der Waals surface area contributed by atoms with Crippen molar-refractivity contribution in [1.29, 1.82) is 0 Å². The number of rotatable bonds is 7. The van der Waals surface area contributed by atoms with Crippen LogP contribution in [0.1, 0.15) is 43.5 Å². The van der Waals surface area contributed by atoms with Crippen molar-refractivity contribution in [2.24, 2.45) is 0 Å². The zero-order valence-electron chi connectivity index (χ0n) is 17.6. The molecule has 0 atom stereocenters. The average molecular weight is 490 g/mol. The van der Waals surface area contributed by atoms with Gasteiger partial charge in [-0.3, -0.25) is 4.57 Å². The number of benzene rings is 2. The Bertz CT molecular complexity index is 1050. The number of carbonyl (C=O) groups is 1. The lowest BCUT2D eigenvalue weighted by molar-refractivity contribution is 0.232. The summed E-state index contributed by atoms with van der Waals surface area (Å²) in [7, 11) is 0. The second-order valence-corrected chi connectivity index (χ2v) is 9.55. The molecule has 4 rings (SSSR count). The zero-order chi connectivity index (χ0) is 22.3.